The topological polar surface area (TPSA) is 101 Å². The van der Waals surface area contributed by atoms with E-state index < -0.39 is 11.8 Å². The number of hydrogen-bond acceptors (Lipinski definition) is 6. The van der Waals surface area contributed by atoms with E-state index in [-0.39, 0.29) is 23.8 Å². The summed E-state index contributed by atoms with van der Waals surface area (Å²) in [5, 5.41) is 15.5. The Hall–Kier alpha value is -4.74. The average molecular weight is 521 g/mol. The Balaban J connectivity index is 1.60. The van der Waals surface area contributed by atoms with Gasteiger partial charge in [0.1, 0.15) is 22.9 Å². The Bertz CT molecular complexity index is 1620. The zero-order chi connectivity index (χ0) is 27.5. The van der Waals surface area contributed by atoms with Crippen molar-refractivity contribution in [1.82, 2.24) is 14.7 Å². The van der Waals surface area contributed by atoms with Crippen LogP contribution in [0.2, 0.25) is 0 Å². The highest BCUT2D eigenvalue weighted by molar-refractivity contribution is 6.19. The predicted molar refractivity (Wildman–Crippen MR) is 147 cm³/mol. The Morgan fingerprint density at radius 3 is 2.54 bits per heavy atom. The number of ether oxygens (including phenoxy) is 1. The molecule has 2 amide bonds. The SMILES string of the molecule is CC1=C(C#N)C(=O)N(CCCOC(C)C)C(=O)/C1=C/c1cn(-c2ccccc2)nc1-c1cc2ccccc2o1. The van der Waals surface area contributed by atoms with Gasteiger partial charge in [0.05, 0.1) is 11.8 Å². The lowest BCUT2D eigenvalue weighted by Crippen LogP contribution is -2.43. The molecule has 0 bridgehead atoms. The summed E-state index contributed by atoms with van der Waals surface area (Å²) in [6.45, 7) is 6.03. The molecular weight excluding hydrogens is 492 g/mol. The highest BCUT2D eigenvalue weighted by Crippen LogP contribution is 2.33. The average Bonchev–Trinajstić information content (AvgIpc) is 3.55. The van der Waals surface area contributed by atoms with Gasteiger partial charge < -0.3 is 9.15 Å². The summed E-state index contributed by atoms with van der Waals surface area (Å²) in [4.78, 5) is 27.7. The zero-order valence-corrected chi connectivity index (χ0v) is 22.0. The predicted octanol–water partition coefficient (Wildman–Crippen LogP) is 5.69. The number of nitrogens with zero attached hydrogens (tertiary/aromatic N) is 4. The Morgan fingerprint density at radius 2 is 1.82 bits per heavy atom. The van der Waals surface area contributed by atoms with Crippen LogP contribution in [0.5, 0.6) is 0 Å². The number of amides is 2. The van der Waals surface area contributed by atoms with Crippen molar-refractivity contribution < 1.29 is 18.7 Å². The molecule has 0 unspecified atom stereocenters. The fraction of sp³-hybridized carbons (Fsp3) is 0.226. The number of carbonyl (C=O) groups excluding carboxylic acids is 2. The van der Waals surface area contributed by atoms with Crippen LogP contribution in [0.15, 0.2) is 88.0 Å². The lowest BCUT2D eigenvalue weighted by atomic mass is 9.93. The molecule has 196 valence electrons. The molecule has 0 spiro atoms. The molecule has 39 heavy (non-hydrogen) atoms. The van der Waals surface area contributed by atoms with Gasteiger partial charge in [-0.2, -0.15) is 10.4 Å². The first-order chi connectivity index (χ1) is 18.9. The van der Waals surface area contributed by atoms with Crippen molar-refractivity contribution in [3.63, 3.8) is 0 Å². The van der Waals surface area contributed by atoms with Gasteiger partial charge in [-0.1, -0.05) is 36.4 Å². The first-order valence-corrected chi connectivity index (χ1v) is 12.8. The van der Waals surface area contributed by atoms with Crippen molar-refractivity contribution in [2.45, 2.75) is 33.3 Å². The molecule has 8 heteroatoms. The summed E-state index contributed by atoms with van der Waals surface area (Å²) in [6, 6.07) is 21.2. The Kier molecular flexibility index (Phi) is 7.26. The number of benzene rings is 2. The summed E-state index contributed by atoms with van der Waals surface area (Å²) < 4.78 is 13.4. The molecule has 4 aromatic rings. The van der Waals surface area contributed by atoms with Crippen LogP contribution in [-0.2, 0) is 14.3 Å². The molecule has 8 nitrogen and oxygen atoms in total. The number of imide groups is 1. The Morgan fingerprint density at radius 1 is 1.08 bits per heavy atom. The summed E-state index contributed by atoms with van der Waals surface area (Å²) in [5.74, 6) is -0.495. The van der Waals surface area contributed by atoms with Crippen LogP contribution in [0.3, 0.4) is 0 Å². The van der Waals surface area contributed by atoms with Gasteiger partial charge in [-0.3, -0.25) is 14.5 Å². The van der Waals surface area contributed by atoms with E-state index in [0.29, 0.717) is 35.6 Å². The second-order valence-electron chi connectivity index (χ2n) is 9.57. The molecule has 1 aliphatic heterocycles. The fourth-order valence-electron chi connectivity index (χ4n) is 4.53. The maximum absolute atomic E-state index is 13.6. The summed E-state index contributed by atoms with van der Waals surface area (Å²) in [6.07, 6.45) is 4.02. The Labute approximate surface area is 226 Å². The molecule has 0 N–H and O–H groups in total. The van der Waals surface area contributed by atoms with Gasteiger partial charge in [0.2, 0.25) is 0 Å². The van der Waals surface area contributed by atoms with Crippen LogP contribution in [-0.4, -0.2) is 45.8 Å². The minimum Gasteiger partial charge on any atom is -0.454 e. The minimum absolute atomic E-state index is 0.0443. The zero-order valence-electron chi connectivity index (χ0n) is 22.0. The first-order valence-electron chi connectivity index (χ1n) is 12.8. The second-order valence-corrected chi connectivity index (χ2v) is 9.57. The number of rotatable bonds is 8. The monoisotopic (exact) mass is 520 g/mol. The summed E-state index contributed by atoms with van der Waals surface area (Å²) >= 11 is 0. The molecule has 2 aromatic carbocycles. The number of carbonyl (C=O) groups is 2. The molecular formula is C31H28N4O4. The first kappa shape index (κ1) is 25.9. The fourth-order valence-corrected chi connectivity index (χ4v) is 4.53. The van der Waals surface area contributed by atoms with E-state index in [1.165, 1.54) is 0 Å². The standard InChI is InChI=1S/C31H28N4O4/c1-20(2)38-15-9-14-34-30(36)25(21(3)26(18-32)31(34)37)16-23-19-35(24-11-5-4-6-12-24)33-29(23)28-17-22-10-7-8-13-27(22)39-28/h4-8,10-13,16-17,19-20H,9,14-15H2,1-3H3/b25-16+. The van der Waals surface area contributed by atoms with E-state index in [1.807, 2.05) is 86.8 Å². The van der Waals surface area contributed by atoms with E-state index in [4.69, 9.17) is 14.3 Å². The molecule has 2 aromatic heterocycles. The smallest absolute Gasteiger partial charge is 0.271 e. The largest absolute Gasteiger partial charge is 0.454 e. The number of hydrogen-bond donors (Lipinski definition) is 0. The molecule has 3 heterocycles. The molecule has 1 aliphatic rings. The van der Waals surface area contributed by atoms with Crippen molar-refractivity contribution in [2.75, 3.05) is 13.2 Å². The van der Waals surface area contributed by atoms with Crippen LogP contribution in [0.1, 0.15) is 32.8 Å². The highest BCUT2D eigenvalue weighted by Gasteiger charge is 2.35. The van der Waals surface area contributed by atoms with Gasteiger partial charge >= 0.3 is 0 Å². The van der Waals surface area contributed by atoms with Crippen LogP contribution in [0.4, 0.5) is 0 Å². The summed E-state index contributed by atoms with van der Waals surface area (Å²) in [7, 11) is 0. The molecule has 0 atom stereocenters. The van der Waals surface area contributed by atoms with Crippen molar-refractivity contribution in [1.29, 1.82) is 5.26 Å². The third-order valence-corrected chi connectivity index (χ3v) is 6.52. The number of nitriles is 1. The molecule has 0 saturated heterocycles. The van der Waals surface area contributed by atoms with Crippen LogP contribution in [0, 0.1) is 11.3 Å². The van der Waals surface area contributed by atoms with Crippen LogP contribution >= 0.6 is 0 Å². The van der Waals surface area contributed by atoms with Crippen molar-refractivity contribution in [3.8, 4) is 23.2 Å². The van der Waals surface area contributed by atoms with Gasteiger partial charge in [0.25, 0.3) is 11.8 Å². The maximum atomic E-state index is 13.6. The molecule has 0 fully saturated rings. The van der Waals surface area contributed by atoms with Crippen LogP contribution in [0.25, 0.3) is 34.2 Å². The van der Waals surface area contributed by atoms with Gasteiger partial charge in [0.15, 0.2) is 5.76 Å². The number of aromatic nitrogens is 2. The van der Waals surface area contributed by atoms with Crippen LogP contribution < -0.4 is 0 Å². The third kappa shape index (κ3) is 5.17. The van der Waals surface area contributed by atoms with E-state index in [9.17, 15) is 14.9 Å². The summed E-state index contributed by atoms with van der Waals surface area (Å²) in [5.41, 5.74) is 3.27. The van der Waals surface area contributed by atoms with Gasteiger partial charge in [-0.05, 0) is 63.1 Å². The molecule has 0 radical (unpaired) electrons. The van der Waals surface area contributed by atoms with Crippen molar-refractivity contribution in [2.24, 2.45) is 0 Å². The van der Waals surface area contributed by atoms with Gasteiger partial charge in [0, 0.05) is 35.9 Å². The third-order valence-electron chi connectivity index (χ3n) is 6.52. The molecule has 0 saturated carbocycles. The lowest BCUT2D eigenvalue weighted by Gasteiger charge is -2.27. The van der Waals surface area contributed by atoms with E-state index in [1.54, 1.807) is 17.7 Å². The minimum atomic E-state index is -0.584. The lowest BCUT2D eigenvalue weighted by molar-refractivity contribution is -0.140. The van der Waals surface area contributed by atoms with E-state index in [0.717, 1.165) is 21.6 Å². The molecule has 5 rings (SSSR count). The second kappa shape index (κ2) is 10.9. The van der Waals surface area contributed by atoms with Gasteiger partial charge in [-0.25, -0.2) is 4.68 Å². The van der Waals surface area contributed by atoms with E-state index in [2.05, 4.69) is 0 Å². The normalized spacial score (nSPS) is 15.2. The quantitative estimate of drug-likeness (QED) is 0.168. The molecule has 0 aliphatic carbocycles. The van der Waals surface area contributed by atoms with E-state index >= 15 is 0 Å². The van der Waals surface area contributed by atoms with Crippen molar-refractivity contribution in [3.05, 3.63) is 89.1 Å². The number of para-hydroxylation sites is 2. The highest BCUT2D eigenvalue weighted by atomic mass is 16.5. The van der Waals surface area contributed by atoms with Gasteiger partial charge in [-0.15, -0.1) is 0 Å². The van der Waals surface area contributed by atoms with Crippen molar-refractivity contribution >= 4 is 28.9 Å². The number of fused-ring (bicyclic) bond motifs is 1. The number of furan rings is 1. The maximum Gasteiger partial charge on any atom is 0.271 e.